The predicted molar refractivity (Wildman–Crippen MR) is 118 cm³/mol. The van der Waals surface area contributed by atoms with Crippen molar-refractivity contribution in [1.82, 2.24) is 9.29 Å². The molecule has 0 unspecified atom stereocenters. The maximum atomic E-state index is 12.8. The Morgan fingerprint density at radius 1 is 1.19 bits per heavy atom. The lowest BCUT2D eigenvalue weighted by molar-refractivity contribution is 0.102. The number of amides is 1. The summed E-state index contributed by atoms with van der Waals surface area (Å²) in [5, 5.41) is 14.9. The van der Waals surface area contributed by atoms with Gasteiger partial charge in [-0.15, -0.1) is 11.3 Å². The molecule has 1 amide bonds. The summed E-state index contributed by atoms with van der Waals surface area (Å²) >= 11 is 1.28. The van der Waals surface area contributed by atoms with Gasteiger partial charge in [-0.3, -0.25) is 4.79 Å². The molecule has 8 nitrogen and oxygen atoms in total. The van der Waals surface area contributed by atoms with Gasteiger partial charge in [-0.1, -0.05) is 12.1 Å². The van der Waals surface area contributed by atoms with Gasteiger partial charge in [0.15, 0.2) is 0 Å². The lowest BCUT2D eigenvalue weighted by Crippen LogP contribution is -2.28. The topological polar surface area (TPSA) is 109 Å². The van der Waals surface area contributed by atoms with E-state index in [1.54, 1.807) is 18.6 Å². The van der Waals surface area contributed by atoms with Crippen LogP contribution in [0, 0.1) is 0 Å². The molecule has 2 aromatic carbocycles. The molecule has 1 saturated heterocycles. The molecule has 4 rings (SSSR count). The second-order valence-electron chi connectivity index (χ2n) is 6.98. The minimum absolute atomic E-state index is 0.0112. The minimum Gasteiger partial charge on any atom is -0.506 e. The summed E-state index contributed by atoms with van der Waals surface area (Å²) in [7, 11) is -2.11. The first-order valence-corrected chi connectivity index (χ1v) is 12.0. The third-order valence-corrected chi connectivity index (χ3v) is 7.76. The van der Waals surface area contributed by atoms with E-state index in [2.05, 4.69) is 10.3 Å². The number of sulfonamides is 1. The van der Waals surface area contributed by atoms with Gasteiger partial charge in [-0.05, 0) is 43.2 Å². The van der Waals surface area contributed by atoms with Gasteiger partial charge in [0.1, 0.15) is 22.2 Å². The van der Waals surface area contributed by atoms with Crippen LogP contribution < -0.4 is 10.1 Å². The molecular weight excluding hydrogens is 438 g/mol. The third kappa shape index (κ3) is 4.27. The summed E-state index contributed by atoms with van der Waals surface area (Å²) in [4.78, 5) is 17.1. The normalized spacial score (nSPS) is 14.5. The first-order valence-electron chi connectivity index (χ1n) is 9.63. The Hall–Kier alpha value is -2.95. The number of hydrogen-bond donors (Lipinski definition) is 2. The monoisotopic (exact) mass is 459 g/mol. The van der Waals surface area contributed by atoms with Crippen molar-refractivity contribution in [1.29, 1.82) is 0 Å². The highest BCUT2D eigenvalue weighted by Crippen LogP contribution is 2.33. The number of benzene rings is 2. The van der Waals surface area contributed by atoms with Gasteiger partial charge < -0.3 is 15.2 Å². The average molecular weight is 460 g/mol. The molecule has 0 aliphatic carbocycles. The fourth-order valence-corrected chi connectivity index (χ4v) is 5.74. The van der Waals surface area contributed by atoms with Crippen molar-refractivity contribution in [3.63, 3.8) is 0 Å². The number of para-hydroxylation sites is 1. The van der Waals surface area contributed by atoms with E-state index in [1.807, 2.05) is 18.2 Å². The molecule has 10 heteroatoms. The molecular formula is C21H21N3O5S2. The number of ether oxygens (including phenoxy) is 1. The van der Waals surface area contributed by atoms with Crippen LogP contribution in [-0.2, 0) is 10.0 Å². The summed E-state index contributed by atoms with van der Waals surface area (Å²) in [6.45, 7) is 0.935. The number of hydrogen-bond acceptors (Lipinski definition) is 7. The number of phenols is 1. The Morgan fingerprint density at radius 2 is 1.94 bits per heavy atom. The number of aromatic nitrogens is 1. The molecule has 0 spiro atoms. The van der Waals surface area contributed by atoms with E-state index >= 15 is 0 Å². The molecule has 1 aromatic heterocycles. The lowest BCUT2D eigenvalue weighted by atomic mass is 10.2. The van der Waals surface area contributed by atoms with Crippen molar-refractivity contribution >= 4 is 33.0 Å². The fourth-order valence-electron chi connectivity index (χ4n) is 3.36. The Bertz CT molecular complexity index is 1220. The van der Waals surface area contributed by atoms with Crippen molar-refractivity contribution in [2.24, 2.45) is 0 Å². The highest BCUT2D eigenvalue weighted by Gasteiger charge is 2.28. The highest BCUT2D eigenvalue weighted by atomic mass is 32.2. The molecule has 2 heterocycles. The van der Waals surface area contributed by atoms with E-state index < -0.39 is 15.9 Å². The van der Waals surface area contributed by atoms with Crippen LogP contribution in [0.2, 0.25) is 0 Å². The van der Waals surface area contributed by atoms with Gasteiger partial charge in [0.2, 0.25) is 10.0 Å². The zero-order valence-electron chi connectivity index (χ0n) is 16.7. The van der Waals surface area contributed by atoms with Gasteiger partial charge in [0, 0.05) is 18.5 Å². The smallest absolute Gasteiger partial charge is 0.275 e. The fraction of sp³-hybridized carbons (Fsp3) is 0.238. The number of nitrogens with one attached hydrogen (secondary N) is 1. The number of carbonyl (C=O) groups excluding carboxylic acids is 1. The second kappa shape index (κ2) is 8.66. The summed E-state index contributed by atoms with van der Waals surface area (Å²) in [6, 6.07) is 11.2. The number of anilines is 1. The van der Waals surface area contributed by atoms with E-state index in [1.165, 1.54) is 33.8 Å². The van der Waals surface area contributed by atoms with Crippen LogP contribution in [0.1, 0.15) is 23.3 Å². The number of phenolic OH excluding ortho intramolecular Hbond substituents is 1. The minimum atomic E-state index is -3.67. The summed E-state index contributed by atoms with van der Waals surface area (Å²) in [6.07, 6.45) is 1.64. The molecule has 1 fully saturated rings. The third-order valence-electron chi connectivity index (χ3n) is 4.99. The molecule has 1 aliphatic rings. The van der Waals surface area contributed by atoms with E-state index in [0.29, 0.717) is 23.8 Å². The molecule has 3 aromatic rings. The Balaban J connectivity index is 1.57. The lowest BCUT2D eigenvalue weighted by Gasteiger charge is -2.16. The number of nitrogens with zero attached hydrogens (tertiary/aromatic N) is 2. The average Bonchev–Trinajstić information content (AvgIpc) is 3.48. The van der Waals surface area contributed by atoms with E-state index in [4.69, 9.17) is 4.74 Å². The van der Waals surface area contributed by atoms with Crippen LogP contribution in [0.5, 0.6) is 11.5 Å². The Labute approximate surface area is 184 Å². The van der Waals surface area contributed by atoms with Gasteiger partial charge in [0.05, 0.1) is 23.3 Å². The van der Waals surface area contributed by atoms with Crippen molar-refractivity contribution in [2.75, 3.05) is 25.5 Å². The molecule has 0 bridgehead atoms. The molecule has 0 saturated carbocycles. The first kappa shape index (κ1) is 21.3. The van der Waals surface area contributed by atoms with Gasteiger partial charge in [-0.2, -0.15) is 4.31 Å². The molecule has 1 aliphatic heterocycles. The Kier molecular flexibility index (Phi) is 5.94. The quantitative estimate of drug-likeness (QED) is 0.546. The van der Waals surface area contributed by atoms with Crippen LogP contribution in [0.15, 0.2) is 52.7 Å². The van der Waals surface area contributed by atoms with Crippen LogP contribution in [0.25, 0.3) is 10.6 Å². The van der Waals surface area contributed by atoms with Crippen molar-refractivity contribution in [2.45, 2.75) is 17.7 Å². The summed E-state index contributed by atoms with van der Waals surface area (Å²) in [5.41, 5.74) is 0.922. The maximum absolute atomic E-state index is 12.8. The van der Waals surface area contributed by atoms with Gasteiger partial charge >= 0.3 is 0 Å². The van der Waals surface area contributed by atoms with Crippen LogP contribution in [0.4, 0.5) is 5.69 Å². The molecule has 2 N–H and O–H groups in total. The van der Waals surface area contributed by atoms with Gasteiger partial charge in [-0.25, -0.2) is 13.4 Å². The number of carbonyl (C=O) groups is 1. The van der Waals surface area contributed by atoms with Crippen LogP contribution in [0.3, 0.4) is 0 Å². The second-order valence-corrected chi connectivity index (χ2v) is 9.78. The molecule has 0 atom stereocenters. The van der Waals surface area contributed by atoms with E-state index in [-0.39, 0.29) is 22.0 Å². The number of thiazole rings is 1. The van der Waals surface area contributed by atoms with Gasteiger partial charge in [0.25, 0.3) is 5.91 Å². The Morgan fingerprint density at radius 3 is 2.68 bits per heavy atom. The summed E-state index contributed by atoms with van der Waals surface area (Å²) in [5.74, 6) is -0.140. The zero-order chi connectivity index (χ0) is 22.0. The predicted octanol–water partition coefficient (Wildman–Crippen LogP) is 3.56. The largest absolute Gasteiger partial charge is 0.506 e. The number of aromatic hydroxyl groups is 1. The molecule has 31 heavy (non-hydrogen) atoms. The zero-order valence-corrected chi connectivity index (χ0v) is 18.4. The standard InChI is InChI=1S/C21H21N3O5S2/c1-29-19-7-3-2-6-15(19)21-23-17(13-30-21)20(26)22-16-12-14(8-9-18(16)25)31(27,28)24-10-4-5-11-24/h2-3,6-9,12-13,25H,4-5,10-11H2,1H3,(H,22,26). The maximum Gasteiger partial charge on any atom is 0.275 e. The van der Waals surface area contributed by atoms with Crippen LogP contribution >= 0.6 is 11.3 Å². The molecule has 162 valence electrons. The number of rotatable bonds is 6. The van der Waals surface area contributed by atoms with E-state index in [9.17, 15) is 18.3 Å². The highest BCUT2D eigenvalue weighted by molar-refractivity contribution is 7.89. The van der Waals surface area contributed by atoms with Crippen molar-refractivity contribution < 1.29 is 23.1 Å². The van der Waals surface area contributed by atoms with Crippen LogP contribution in [-0.4, -0.2) is 48.9 Å². The first-order chi connectivity index (χ1) is 14.9. The van der Waals surface area contributed by atoms with Crippen molar-refractivity contribution in [3.8, 4) is 22.1 Å². The SMILES string of the molecule is COc1ccccc1-c1nc(C(=O)Nc2cc(S(=O)(=O)N3CCCC3)ccc2O)cs1. The summed E-state index contributed by atoms with van der Waals surface area (Å²) < 4.78 is 32.3. The molecule has 0 radical (unpaired) electrons. The van der Waals surface area contributed by atoms with Crippen molar-refractivity contribution in [3.05, 3.63) is 53.5 Å². The number of methoxy groups -OCH3 is 1. The van der Waals surface area contributed by atoms with E-state index in [0.717, 1.165) is 18.4 Å².